The minimum Gasteiger partial charge on any atom is -0.457 e. The van der Waals surface area contributed by atoms with Crippen LogP contribution in [0.4, 0.5) is 17.1 Å². The average molecular weight is 617 g/mol. The van der Waals surface area contributed by atoms with E-state index in [-0.39, 0.29) is 0 Å². The van der Waals surface area contributed by atoms with Crippen LogP contribution in [0.15, 0.2) is 176 Å². The molecule has 0 fully saturated rings. The van der Waals surface area contributed by atoms with Gasteiger partial charge in [0.1, 0.15) is 11.5 Å². The molecular formula is C45H32N2O. The first kappa shape index (κ1) is 27.9. The molecule has 0 N–H and O–H groups in total. The number of hydrogen-bond donors (Lipinski definition) is 0. The summed E-state index contributed by atoms with van der Waals surface area (Å²) in [6, 6.07) is 62.1. The van der Waals surface area contributed by atoms with Gasteiger partial charge in [-0.3, -0.25) is 0 Å². The van der Waals surface area contributed by atoms with Crippen molar-refractivity contribution in [2.24, 2.45) is 0 Å². The van der Waals surface area contributed by atoms with Gasteiger partial charge in [-0.1, -0.05) is 97.1 Å². The van der Waals surface area contributed by atoms with Crippen LogP contribution in [-0.2, 0) is 0 Å². The number of nitrogens with zero attached hydrogens (tertiary/aromatic N) is 2. The van der Waals surface area contributed by atoms with Crippen LogP contribution >= 0.6 is 0 Å². The molecule has 0 unspecified atom stereocenters. The molecule has 3 nitrogen and oxygen atoms in total. The lowest BCUT2D eigenvalue weighted by Crippen LogP contribution is -2.09. The van der Waals surface area contributed by atoms with E-state index in [1.807, 2.05) is 12.1 Å². The van der Waals surface area contributed by atoms with Gasteiger partial charge in [-0.15, -0.1) is 0 Å². The van der Waals surface area contributed by atoms with E-state index >= 15 is 0 Å². The molecule has 48 heavy (non-hydrogen) atoms. The van der Waals surface area contributed by atoms with Gasteiger partial charge in [-0.2, -0.15) is 0 Å². The predicted octanol–water partition coefficient (Wildman–Crippen LogP) is 12.7. The first-order valence-electron chi connectivity index (χ1n) is 16.4. The van der Waals surface area contributed by atoms with Gasteiger partial charge in [-0.05, 0) is 107 Å². The minimum atomic E-state index is 0.797. The number of benzene rings is 8. The molecule has 0 amide bonds. The maximum absolute atomic E-state index is 6.67. The summed E-state index contributed by atoms with van der Waals surface area (Å²) in [5.74, 6) is 1.65. The standard InChI is InChI=1S/C45H32N2O/c1-31-43(48-39-25-23-37(24-26-39)46(35-15-4-2-5-16-35)36-17-6-3-7-18-36)29-28-41-44(31)45-40-19-11-10-13-33(40)21-27-42(45)47(41)38-22-20-32-12-8-9-14-34(32)30-38/h2-30H,1H3. The summed E-state index contributed by atoms with van der Waals surface area (Å²) in [6.07, 6.45) is 0. The average Bonchev–Trinajstić information content (AvgIpc) is 3.50. The molecular weight excluding hydrogens is 585 g/mol. The monoisotopic (exact) mass is 616 g/mol. The Morgan fingerprint density at radius 3 is 1.75 bits per heavy atom. The third-order valence-corrected chi connectivity index (χ3v) is 9.37. The largest absolute Gasteiger partial charge is 0.457 e. The van der Waals surface area contributed by atoms with Crippen LogP contribution < -0.4 is 9.64 Å². The third kappa shape index (κ3) is 4.68. The van der Waals surface area contributed by atoms with Crippen molar-refractivity contribution in [1.29, 1.82) is 0 Å². The fourth-order valence-electron chi connectivity index (χ4n) is 7.12. The van der Waals surface area contributed by atoms with Gasteiger partial charge in [0.15, 0.2) is 0 Å². The highest BCUT2D eigenvalue weighted by molar-refractivity contribution is 6.22. The topological polar surface area (TPSA) is 17.4 Å². The van der Waals surface area contributed by atoms with E-state index < -0.39 is 0 Å². The highest BCUT2D eigenvalue weighted by Gasteiger charge is 2.19. The molecule has 1 heterocycles. The van der Waals surface area contributed by atoms with E-state index in [0.29, 0.717) is 0 Å². The summed E-state index contributed by atoms with van der Waals surface area (Å²) in [7, 11) is 0. The molecule has 0 atom stereocenters. The van der Waals surface area contributed by atoms with Crippen LogP contribution in [-0.4, -0.2) is 4.57 Å². The van der Waals surface area contributed by atoms with Crippen LogP contribution in [0.5, 0.6) is 11.5 Å². The zero-order chi connectivity index (χ0) is 32.0. The van der Waals surface area contributed by atoms with E-state index in [4.69, 9.17) is 4.74 Å². The molecule has 0 saturated carbocycles. The van der Waals surface area contributed by atoms with Gasteiger partial charge >= 0.3 is 0 Å². The fraction of sp³-hybridized carbons (Fsp3) is 0.0222. The molecule has 228 valence electrons. The Kier molecular flexibility index (Phi) is 6.69. The van der Waals surface area contributed by atoms with Crippen molar-refractivity contribution in [3.05, 3.63) is 181 Å². The van der Waals surface area contributed by atoms with Crippen molar-refractivity contribution in [1.82, 2.24) is 4.57 Å². The second-order valence-electron chi connectivity index (χ2n) is 12.2. The molecule has 0 bridgehead atoms. The van der Waals surface area contributed by atoms with Crippen molar-refractivity contribution in [2.75, 3.05) is 4.90 Å². The fourth-order valence-corrected chi connectivity index (χ4v) is 7.12. The number of anilines is 3. The molecule has 0 aliphatic rings. The number of rotatable bonds is 6. The van der Waals surface area contributed by atoms with E-state index in [1.54, 1.807) is 0 Å². The number of hydrogen-bond acceptors (Lipinski definition) is 2. The number of para-hydroxylation sites is 2. The Balaban J connectivity index is 1.16. The van der Waals surface area contributed by atoms with Crippen LogP contribution in [0.1, 0.15) is 5.56 Å². The number of fused-ring (bicyclic) bond motifs is 6. The van der Waals surface area contributed by atoms with Crippen LogP contribution in [0.3, 0.4) is 0 Å². The summed E-state index contributed by atoms with van der Waals surface area (Å²) in [4.78, 5) is 2.26. The summed E-state index contributed by atoms with van der Waals surface area (Å²) in [5, 5.41) is 7.39. The van der Waals surface area contributed by atoms with Crippen LogP contribution in [0, 0.1) is 6.92 Å². The SMILES string of the molecule is Cc1c(Oc2ccc(N(c3ccccc3)c3ccccc3)cc2)ccc2c1c1c3ccccc3ccc1n2-c1ccc2ccccc2c1. The zero-order valence-corrected chi connectivity index (χ0v) is 26.5. The summed E-state index contributed by atoms with van der Waals surface area (Å²) < 4.78 is 9.07. The number of aromatic nitrogens is 1. The first-order chi connectivity index (χ1) is 23.7. The second-order valence-corrected chi connectivity index (χ2v) is 12.2. The molecule has 0 radical (unpaired) electrons. The van der Waals surface area contributed by atoms with Crippen LogP contribution in [0.25, 0.3) is 49.0 Å². The molecule has 9 rings (SSSR count). The van der Waals surface area contributed by atoms with Gasteiger partial charge < -0.3 is 14.2 Å². The van der Waals surface area contributed by atoms with Crippen molar-refractivity contribution < 1.29 is 4.74 Å². The Hall–Kier alpha value is -6.32. The highest BCUT2D eigenvalue weighted by Crippen LogP contribution is 2.42. The molecule has 9 aromatic rings. The maximum atomic E-state index is 6.67. The quantitative estimate of drug-likeness (QED) is 0.185. The lowest BCUT2D eigenvalue weighted by atomic mass is 10.0. The second kappa shape index (κ2) is 11.5. The van der Waals surface area contributed by atoms with E-state index in [1.165, 1.54) is 37.8 Å². The van der Waals surface area contributed by atoms with Crippen LogP contribution in [0.2, 0.25) is 0 Å². The highest BCUT2D eigenvalue weighted by atomic mass is 16.5. The van der Waals surface area contributed by atoms with Crippen molar-refractivity contribution in [3.63, 3.8) is 0 Å². The predicted molar refractivity (Wildman–Crippen MR) is 202 cm³/mol. The van der Waals surface area contributed by atoms with E-state index in [9.17, 15) is 0 Å². The zero-order valence-electron chi connectivity index (χ0n) is 26.5. The van der Waals surface area contributed by atoms with Crippen molar-refractivity contribution in [2.45, 2.75) is 6.92 Å². The van der Waals surface area contributed by atoms with Gasteiger partial charge in [0.25, 0.3) is 0 Å². The normalized spacial score (nSPS) is 11.4. The van der Waals surface area contributed by atoms with E-state index in [0.717, 1.165) is 45.3 Å². The smallest absolute Gasteiger partial charge is 0.131 e. The Morgan fingerprint density at radius 1 is 0.458 bits per heavy atom. The van der Waals surface area contributed by atoms with Gasteiger partial charge in [0.2, 0.25) is 0 Å². The van der Waals surface area contributed by atoms with E-state index in [2.05, 4.69) is 180 Å². The maximum Gasteiger partial charge on any atom is 0.131 e. The minimum absolute atomic E-state index is 0.797. The molecule has 1 aromatic heterocycles. The third-order valence-electron chi connectivity index (χ3n) is 9.37. The molecule has 0 spiro atoms. The van der Waals surface area contributed by atoms with Gasteiger partial charge in [0, 0.05) is 39.1 Å². The summed E-state index contributed by atoms with van der Waals surface area (Å²) >= 11 is 0. The Labute approximate surface area is 279 Å². The summed E-state index contributed by atoms with van der Waals surface area (Å²) in [6.45, 7) is 2.19. The van der Waals surface area contributed by atoms with Gasteiger partial charge in [0.05, 0.1) is 11.0 Å². The molecule has 0 aliphatic carbocycles. The lowest BCUT2D eigenvalue weighted by Gasteiger charge is -2.25. The Bertz CT molecular complexity index is 2550. The number of aryl methyl sites for hydroxylation is 1. The van der Waals surface area contributed by atoms with Crippen molar-refractivity contribution >= 4 is 60.4 Å². The van der Waals surface area contributed by atoms with Crippen molar-refractivity contribution in [3.8, 4) is 17.2 Å². The first-order valence-corrected chi connectivity index (χ1v) is 16.4. The molecule has 0 saturated heterocycles. The van der Waals surface area contributed by atoms with Gasteiger partial charge in [-0.25, -0.2) is 0 Å². The lowest BCUT2D eigenvalue weighted by molar-refractivity contribution is 0.480. The number of ether oxygens (including phenoxy) is 1. The molecule has 8 aromatic carbocycles. The summed E-state index contributed by atoms with van der Waals surface area (Å²) in [5.41, 5.74) is 7.89. The molecule has 3 heteroatoms. The Morgan fingerprint density at radius 2 is 1.02 bits per heavy atom. The molecule has 0 aliphatic heterocycles.